The van der Waals surface area contributed by atoms with E-state index in [0.717, 1.165) is 15.6 Å². The molecule has 1 atom stereocenters. The van der Waals surface area contributed by atoms with Crippen LogP contribution in [0, 0.1) is 0 Å². The Balaban J connectivity index is 2.09. The van der Waals surface area contributed by atoms with Crippen molar-refractivity contribution in [3.8, 4) is 0 Å². The van der Waals surface area contributed by atoms with Gasteiger partial charge in [-0.15, -0.1) is 11.3 Å². The number of rotatable bonds is 7. The van der Waals surface area contributed by atoms with Gasteiger partial charge in [0.05, 0.1) is 25.0 Å². The Hall–Kier alpha value is -1.92. The number of thiophene rings is 1. The molecule has 0 spiro atoms. The quantitative estimate of drug-likeness (QED) is 0.821. The van der Waals surface area contributed by atoms with Gasteiger partial charge < -0.3 is 15.2 Å². The van der Waals surface area contributed by atoms with Crippen LogP contribution in [0.25, 0.3) is 10.1 Å². The number of hydrogen-bond donors (Lipinski definition) is 2. The molecule has 22 heavy (non-hydrogen) atoms. The number of carboxylic acids is 1. The fraction of sp³-hybridized carbons (Fsp3) is 0.375. The molecule has 2 aromatic rings. The molecule has 2 rings (SSSR count). The molecule has 0 radical (unpaired) electrons. The number of nitrogens with one attached hydrogen (secondary N) is 1. The van der Waals surface area contributed by atoms with E-state index in [-0.39, 0.29) is 25.4 Å². The van der Waals surface area contributed by atoms with Gasteiger partial charge in [0.25, 0.3) is 0 Å². The van der Waals surface area contributed by atoms with E-state index in [1.165, 1.54) is 7.11 Å². The minimum Gasteiger partial charge on any atom is -0.481 e. The summed E-state index contributed by atoms with van der Waals surface area (Å²) in [5.41, 5.74) is 0.0388. The average Bonchev–Trinajstić information content (AvgIpc) is 2.81. The Morgan fingerprint density at radius 3 is 2.77 bits per heavy atom. The molecule has 0 aliphatic carbocycles. The second-order valence-corrected chi connectivity index (χ2v) is 6.46. The zero-order valence-electron chi connectivity index (χ0n) is 12.6. The zero-order chi connectivity index (χ0) is 16.2. The predicted molar refractivity (Wildman–Crippen MR) is 86.2 cm³/mol. The third-order valence-electron chi connectivity index (χ3n) is 3.36. The lowest BCUT2D eigenvalue weighted by atomic mass is 9.98. The van der Waals surface area contributed by atoms with Crippen molar-refractivity contribution in [1.29, 1.82) is 0 Å². The second-order valence-electron chi connectivity index (χ2n) is 5.55. The first-order valence-electron chi connectivity index (χ1n) is 6.90. The first kappa shape index (κ1) is 16.5. The minimum atomic E-state index is -0.971. The summed E-state index contributed by atoms with van der Waals surface area (Å²) in [6, 6.07) is 7.90. The SMILES string of the molecule is COCC(C)(CC(=O)O)NC(=O)Cc1csc2ccccc12. The fourth-order valence-corrected chi connectivity index (χ4v) is 3.47. The smallest absolute Gasteiger partial charge is 0.305 e. The van der Waals surface area contributed by atoms with Gasteiger partial charge in [-0.3, -0.25) is 9.59 Å². The van der Waals surface area contributed by atoms with Gasteiger partial charge in [-0.25, -0.2) is 0 Å². The average molecular weight is 321 g/mol. The molecule has 1 heterocycles. The van der Waals surface area contributed by atoms with E-state index >= 15 is 0 Å². The summed E-state index contributed by atoms with van der Waals surface area (Å²) in [5.74, 6) is -1.18. The summed E-state index contributed by atoms with van der Waals surface area (Å²) in [6.45, 7) is 1.82. The van der Waals surface area contributed by atoms with Crippen molar-refractivity contribution >= 4 is 33.3 Å². The van der Waals surface area contributed by atoms with Crippen molar-refractivity contribution in [2.75, 3.05) is 13.7 Å². The molecule has 1 aromatic heterocycles. The fourth-order valence-electron chi connectivity index (χ4n) is 2.51. The Kier molecular flexibility index (Phi) is 5.15. The molecule has 1 aromatic carbocycles. The normalized spacial score (nSPS) is 13.7. The van der Waals surface area contributed by atoms with Gasteiger partial charge >= 0.3 is 5.97 Å². The first-order chi connectivity index (χ1) is 10.4. The Morgan fingerprint density at radius 1 is 1.36 bits per heavy atom. The lowest BCUT2D eigenvalue weighted by Gasteiger charge is -2.28. The largest absolute Gasteiger partial charge is 0.481 e. The van der Waals surface area contributed by atoms with Gasteiger partial charge in [-0.05, 0) is 29.3 Å². The van der Waals surface area contributed by atoms with Crippen LogP contribution < -0.4 is 5.32 Å². The Morgan fingerprint density at radius 2 is 2.09 bits per heavy atom. The van der Waals surface area contributed by atoms with Crippen LogP contribution in [0.15, 0.2) is 29.6 Å². The van der Waals surface area contributed by atoms with Gasteiger partial charge in [0.2, 0.25) is 5.91 Å². The van der Waals surface area contributed by atoms with Crippen molar-refractivity contribution in [2.24, 2.45) is 0 Å². The maximum Gasteiger partial charge on any atom is 0.305 e. The van der Waals surface area contributed by atoms with Crippen LogP contribution in [0.1, 0.15) is 18.9 Å². The molecule has 2 N–H and O–H groups in total. The summed E-state index contributed by atoms with van der Waals surface area (Å²) in [5, 5.41) is 14.8. The van der Waals surface area contributed by atoms with E-state index in [0.29, 0.717) is 0 Å². The highest BCUT2D eigenvalue weighted by Gasteiger charge is 2.29. The highest BCUT2D eigenvalue weighted by Crippen LogP contribution is 2.26. The number of fused-ring (bicyclic) bond motifs is 1. The van der Waals surface area contributed by atoms with E-state index < -0.39 is 11.5 Å². The van der Waals surface area contributed by atoms with Crippen LogP contribution in [0.5, 0.6) is 0 Å². The van der Waals surface area contributed by atoms with E-state index in [4.69, 9.17) is 9.84 Å². The molecule has 5 nitrogen and oxygen atoms in total. The maximum atomic E-state index is 12.3. The Bertz CT molecular complexity index is 682. The number of methoxy groups -OCH3 is 1. The topological polar surface area (TPSA) is 75.6 Å². The number of benzene rings is 1. The van der Waals surface area contributed by atoms with Crippen LogP contribution in [0.3, 0.4) is 0 Å². The molecular weight excluding hydrogens is 302 g/mol. The third-order valence-corrected chi connectivity index (χ3v) is 4.37. The molecule has 6 heteroatoms. The number of amides is 1. The van der Waals surface area contributed by atoms with Crippen molar-refractivity contribution in [3.63, 3.8) is 0 Å². The lowest BCUT2D eigenvalue weighted by Crippen LogP contribution is -2.51. The number of ether oxygens (including phenoxy) is 1. The van der Waals surface area contributed by atoms with Crippen molar-refractivity contribution < 1.29 is 19.4 Å². The highest BCUT2D eigenvalue weighted by atomic mass is 32.1. The molecule has 1 unspecified atom stereocenters. The standard InChI is InChI=1S/C16H19NO4S/c1-16(10-21-2,8-15(19)20)17-14(18)7-11-9-22-13-6-4-3-5-12(11)13/h3-6,9H,7-8,10H2,1-2H3,(H,17,18)(H,19,20). The van der Waals surface area contributed by atoms with Gasteiger partial charge in [0, 0.05) is 11.8 Å². The van der Waals surface area contributed by atoms with E-state index in [2.05, 4.69) is 5.32 Å². The van der Waals surface area contributed by atoms with E-state index in [1.54, 1.807) is 18.3 Å². The van der Waals surface area contributed by atoms with E-state index in [9.17, 15) is 9.59 Å². The Labute approximate surface area is 132 Å². The minimum absolute atomic E-state index is 0.148. The van der Waals surface area contributed by atoms with Crippen LogP contribution in [0.2, 0.25) is 0 Å². The molecule has 0 aliphatic rings. The summed E-state index contributed by atoms with van der Waals surface area (Å²) in [6.07, 6.45) is 0.0416. The summed E-state index contributed by atoms with van der Waals surface area (Å²) in [7, 11) is 1.48. The highest BCUT2D eigenvalue weighted by molar-refractivity contribution is 7.17. The van der Waals surface area contributed by atoms with Crippen molar-refractivity contribution in [1.82, 2.24) is 5.32 Å². The number of hydrogen-bond acceptors (Lipinski definition) is 4. The van der Waals surface area contributed by atoms with Gasteiger partial charge in [0.15, 0.2) is 0 Å². The molecule has 0 saturated carbocycles. The van der Waals surface area contributed by atoms with Gasteiger partial charge in [-0.2, -0.15) is 0 Å². The summed E-state index contributed by atoms with van der Waals surface area (Å²) >= 11 is 1.60. The van der Waals surface area contributed by atoms with Crippen LogP contribution >= 0.6 is 11.3 Å². The molecule has 0 fully saturated rings. The predicted octanol–water partition coefficient (Wildman–Crippen LogP) is 2.44. The molecule has 0 bridgehead atoms. The molecule has 0 aliphatic heterocycles. The maximum absolute atomic E-state index is 12.3. The number of carbonyl (C=O) groups excluding carboxylic acids is 1. The van der Waals surface area contributed by atoms with Crippen LogP contribution in [-0.4, -0.2) is 36.2 Å². The molecular formula is C16H19NO4S. The zero-order valence-corrected chi connectivity index (χ0v) is 13.4. The molecule has 0 saturated heterocycles. The second kappa shape index (κ2) is 6.89. The van der Waals surface area contributed by atoms with Gasteiger partial charge in [-0.1, -0.05) is 18.2 Å². The van der Waals surface area contributed by atoms with Crippen molar-refractivity contribution in [3.05, 3.63) is 35.2 Å². The number of carbonyl (C=O) groups is 2. The lowest BCUT2D eigenvalue weighted by molar-refractivity contribution is -0.139. The molecule has 118 valence electrons. The first-order valence-corrected chi connectivity index (χ1v) is 7.78. The summed E-state index contributed by atoms with van der Waals surface area (Å²) < 4.78 is 6.17. The number of aliphatic carboxylic acids is 1. The molecule has 1 amide bonds. The monoisotopic (exact) mass is 321 g/mol. The van der Waals surface area contributed by atoms with Crippen LogP contribution in [-0.2, 0) is 20.7 Å². The summed E-state index contributed by atoms with van der Waals surface area (Å²) in [4.78, 5) is 23.2. The van der Waals surface area contributed by atoms with Crippen molar-refractivity contribution in [2.45, 2.75) is 25.3 Å². The van der Waals surface area contributed by atoms with Crippen LogP contribution in [0.4, 0.5) is 0 Å². The van der Waals surface area contributed by atoms with E-state index in [1.807, 2.05) is 29.6 Å². The van der Waals surface area contributed by atoms with Gasteiger partial charge in [0.1, 0.15) is 0 Å². The number of carboxylic acid groups (broad SMARTS) is 1. The third kappa shape index (κ3) is 4.05.